The van der Waals surface area contributed by atoms with E-state index in [0.29, 0.717) is 12.1 Å². The summed E-state index contributed by atoms with van der Waals surface area (Å²) in [5.74, 6) is 2.21. The van der Waals surface area contributed by atoms with Gasteiger partial charge in [-0.3, -0.25) is 9.59 Å². The molecule has 1 heterocycles. The van der Waals surface area contributed by atoms with Crippen LogP contribution in [0, 0.1) is 23.2 Å². The zero-order valence-electron chi connectivity index (χ0n) is 12.4. The Balaban J connectivity index is 2.49. The fraction of sp³-hybridized carbons (Fsp3) is 0.412. The van der Waals surface area contributed by atoms with Crippen molar-refractivity contribution in [1.82, 2.24) is 0 Å². The second kappa shape index (κ2) is 4.49. The maximum absolute atomic E-state index is 12.6. The molecule has 20 heavy (non-hydrogen) atoms. The molecule has 1 aromatic rings. The Morgan fingerprint density at radius 2 is 1.45 bits per heavy atom. The standard InChI is InChI=1S/C17H19NO2/c1-6-12-7-9-13(10-8-12)18-14(19)16(2,3)11-17(4,5)15(18)20/h1,7-10H,11H2,2-5H3. The van der Waals surface area contributed by atoms with E-state index in [1.54, 1.807) is 24.3 Å². The lowest BCUT2D eigenvalue weighted by Crippen LogP contribution is -2.57. The number of rotatable bonds is 1. The van der Waals surface area contributed by atoms with Gasteiger partial charge in [0.05, 0.1) is 5.69 Å². The third kappa shape index (κ3) is 2.22. The molecule has 3 nitrogen and oxygen atoms in total. The highest BCUT2D eigenvalue weighted by atomic mass is 16.2. The van der Waals surface area contributed by atoms with Gasteiger partial charge in [-0.25, -0.2) is 4.90 Å². The maximum atomic E-state index is 12.6. The van der Waals surface area contributed by atoms with Crippen molar-refractivity contribution in [3.63, 3.8) is 0 Å². The van der Waals surface area contributed by atoms with E-state index < -0.39 is 10.8 Å². The van der Waals surface area contributed by atoms with Crippen molar-refractivity contribution in [3.05, 3.63) is 29.8 Å². The summed E-state index contributed by atoms with van der Waals surface area (Å²) in [7, 11) is 0. The molecular formula is C17H19NO2. The zero-order chi connectivity index (χ0) is 15.1. The summed E-state index contributed by atoms with van der Waals surface area (Å²) >= 11 is 0. The third-order valence-electron chi connectivity index (χ3n) is 3.74. The Labute approximate surface area is 120 Å². The van der Waals surface area contributed by atoms with E-state index in [2.05, 4.69) is 5.92 Å². The predicted molar refractivity (Wildman–Crippen MR) is 79.0 cm³/mol. The van der Waals surface area contributed by atoms with Gasteiger partial charge in [0, 0.05) is 16.4 Å². The molecule has 1 fully saturated rings. The number of piperidine rings is 1. The van der Waals surface area contributed by atoms with E-state index in [-0.39, 0.29) is 11.8 Å². The average Bonchev–Trinajstić information content (AvgIpc) is 2.37. The van der Waals surface area contributed by atoms with Crippen LogP contribution in [-0.4, -0.2) is 11.8 Å². The summed E-state index contributed by atoms with van der Waals surface area (Å²) < 4.78 is 0. The van der Waals surface area contributed by atoms with Crippen molar-refractivity contribution in [1.29, 1.82) is 0 Å². The number of benzene rings is 1. The number of terminal acetylenes is 1. The third-order valence-corrected chi connectivity index (χ3v) is 3.74. The van der Waals surface area contributed by atoms with Gasteiger partial charge < -0.3 is 0 Å². The first-order chi connectivity index (χ1) is 9.19. The molecule has 0 aliphatic carbocycles. The van der Waals surface area contributed by atoms with E-state index in [4.69, 9.17) is 6.42 Å². The summed E-state index contributed by atoms with van der Waals surface area (Å²) in [5, 5.41) is 0. The SMILES string of the molecule is C#Cc1ccc(N2C(=O)C(C)(C)CC(C)(C)C2=O)cc1. The van der Waals surface area contributed by atoms with Crippen LogP contribution in [0.4, 0.5) is 5.69 Å². The molecule has 0 bridgehead atoms. The number of amides is 2. The molecule has 0 unspecified atom stereocenters. The Morgan fingerprint density at radius 1 is 1.00 bits per heavy atom. The van der Waals surface area contributed by atoms with Crippen LogP contribution in [-0.2, 0) is 9.59 Å². The van der Waals surface area contributed by atoms with Gasteiger partial charge in [-0.1, -0.05) is 33.6 Å². The molecule has 104 valence electrons. The van der Waals surface area contributed by atoms with Gasteiger partial charge >= 0.3 is 0 Å². The first kappa shape index (κ1) is 14.3. The highest BCUT2D eigenvalue weighted by Gasteiger charge is 2.50. The van der Waals surface area contributed by atoms with Crippen LogP contribution in [0.3, 0.4) is 0 Å². The molecule has 0 saturated carbocycles. The van der Waals surface area contributed by atoms with Crippen LogP contribution in [0.5, 0.6) is 0 Å². The summed E-state index contributed by atoms with van der Waals surface area (Å²) in [6, 6.07) is 6.93. The van der Waals surface area contributed by atoms with E-state index in [0.717, 1.165) is 5.56 Å². The van der Waals surface area contributed by atoms with Crippen LogP contribution < -0.4 is 4.90 Å². The quantitative estimate of drug-likeness (QED) is 0.580. The minimum Gasteiger partial charge on any atom is -0.273 e. The lowest BCUT2D eigenvalue weighted by molar-refractivity contribution is -0.143. The van der Waals surface area contributed by atoms with Crippen molar-refractivity contribution in [2.75, 3.05) is 4.90 Å². The monoisotopic (exact) mass is 269 g/mol. The zero-order valence-corrected chi connectivity index (χ0v) is 12.4. The number of imide groups is 1. The van der Waals surface area contributed by atoms with Gasteiger partial charge in [0.25, 0.3) is 0 Å². The normalized spacial score (nSPS) is 20.6. The predicted octanol–water partition coefficient (Wildman–Crippen LogP) is 2.98. The molecule has 1 aromatic carbocycles. The molecule has 2 amide bonds. The smallest absolute Gasteiger partial charge is 0.239 e. The molecule has 1 saturated heterocycles. The summed E-state index contributed by atoms with van der Waals surface area (Å²) in [6.07, 6.45) is 5.87. The maximum Gasteiger partial charge on any atom is 0.239 e. The number of carbonyl (C=O) groups is 2. The number of anilines is 1. The van der Waals surface area contributed by atoms with Gasteiger partial charge in [0.15, 0.2) is 0 Å². The van der Waals surface area contributed by atoms with Crippen LogP contribution in [0.15, 0.2) is 24.3 Å². The highest BCUT2D eigenvalue weighted by molar-refractivity contribution is 6.20. The minimum absolute atomic E-state index is 0.157. The second-order valence-corrected chi connectivity index (χ2v) is 6.58. The summed E-state index contributed by atoms with van der Waals surface area (Å²) in [4.78, 5) is 26.4. The van der Waals surface area contributed by atoms with E-state index in [1.807, 2.05) is 27.7 Å². The minimum atomic E-state index is -0.553. The topological polar surface area (TPSA) is 37.4 Å². The van der Waals surface area contributed by atoms with E-state index in [1.165, 1.54) is 4.90 Å². The number of hydrogen-bond acceptors (Lipinski definition) is 2. The van der Waals surface area contributed by atoms with Crippen molar-refractivity contribution in [2.45, 2.75) is 34.1 Å². The Morgan fingerprint density at radius 3 is 1.85 bits per heavy atom. The fourth-order valence-electron chi connectivity index (χ4n) is 2.89. The number of carbonyl (C=O) groups excluding carboxylic acids is 2. The molecular weight excluding hydrogens is 250 g/mol. The molecule has 0 aromatic heterocycles. The van der Waals surface area contributed by atoms with Crippen LogP contribution in [0.1, 0.15) is 39.7 Å². The first-order valence-corrected chi connectivity index (χ1v) is 6.65. The Kier molecular flexibility index (Phi) is 3.21. The van der Waals surface area contributed by atoms with E-state index in [9.17, 15) is 9.59 Å². The molecule has 0 spiro atoms. The van der Waals surface area contributed by atoms with Crippen molar-refractivity contribution in [2.24, 2.45) is 10.8 Å². The van der Waals surface area contributed by atoms with Crippen LogP contribution in [0.25, 0.3) is 0 Å². The van der Waals surface area contributed by atoms with Crippen molar-refractivity contribution < 1.29 is 9.59 Å². The van der Waals surface area contributed by atoms with Gasteiger partial charge in [-0.2, -0.15) is 0 Å². The lowest BCUT2D eigenvalue weighted by Gasteiger charge is -2.44. The lowest BCUT2D eigenvalue weighted by atomic mass is 9.70. The average molecular weight is 269 g/mol. The molecule has 1 aliphatic heterocycles. The summed E-state index contributed by atoms with van der Waals surface area (Å²) in [5.41, 5.74) is 0.203. The molecule has 1 aliphatic rings. The van der Waals surface area contributed by atoms with Gasteiger partial charge in [0.1, 0.15) is 0 Å². The molecule has 0 N–H and O–H groups in total. The van der Waals surface area contributed by atoms with Crippen molar-refractivity contribution >= 4 is 17.5 Å². The largest absolute Gasteiger partial charge is 0.273 e. The van der Waals surface area contributed by atoms with E-state index >= 15 is 0 Å². The molecule has 0 atom stereocenters. The molecule has 3 heteroatoms. The van der Waals surface area contributed by atoms with Gasteiger partial charge in [-0.05, 0) is 30.7 Å². The second-order valence-electron chi connectivity index (χ2n) is 6.58. The number of hydrogen-bond donors (Lipinski definition) is 0. The first-order valence-electron chi connectivity index (χ1n) is 6.65. The van der Waals surface area contributed by atoms with Crippen molar-refractivity contribution in [3.8, 4) is 12.3 Å². The molecule has 2 rings (SSSR count). The molecule has 0 radical (unpaired) electrons. The fourth-order valence-corrected chi connectivity index (χ4v) is 2.89. The van der Waals surface area contributed by atoms with Gasteiger partial charge in [-0.15, -0.1) is 6.42 Å². The van der Waals surface area contributed by atoms with Crippen LogP contribution in [0.2, 0.25) is 0 Å². The highest BCUT2D eigenvalue weighted by Crippen LogP contribution is 2.43. The Hall–Kier alpha value is -2.08. The van der Waals surface area contributed by atoms with Crippen LogP contribution >= 0.6 is 0 Å². The number of nitrogens with zero attached hydrogens (tertiary/aromatic N) is 1. The Bertz CT molecular complexity index is 577. The van der Waals surface area contributed by atoms with Gasteiger partial charge in [0.2, 0.25) is 11.8 Å². The summed E-state index contributed by atoms with van der Waals surface area (Å²) in [6.45, 7) is 7.53.